The lowest BCUT2D eigenvalue weighted by Gasteiger charge is -2.20. The van der Waals surface area contributed by atoms with Gasteiger partial charge in [0.1, 0.15) is 0 Å². The van der Waals surface area contributed by atoms with E-state index in [0.29, 0.717) is 4.83 Å². The molecule has 1 fully saturated rings. The number of anilines is 1. The molecule has 3 rings (SSSR count). The summed E-state index contributed by atoms with van der Waals surface area (Å²) in [6.45, 7) is 3.99. The molecule has 1 aromatic carbocycles. The van der Waals surface area contributed by atoms with Crippen LogP contribution < -0.4 is 5.32 Å². The summed E-state index contributed by atoms with van der Waals surface area (Å²) in [5.41, 5.74) is 3.02. The Bertz CT molecular complexity index is 517. The molecule has 1 amide bonds. The predicted octanol–water partition coefficient (Wildman–Crippen LogP) is 4.54. The van der Waals surface area contributed by atoms with Gasteiger partial charge in [0.05, 0.1) is 5.41 Å². The Morgan fingerprint density at radius 2 is 2.00 bits per heavy atom. The fraction of sp³-hybridized carbons (Fsp3) is 0.562. The summed E-state index contributed by atoms with van der Waals surface area (Å²) in [5, 5.41) is 2.97. The third kappa shape index (κ3) is 2.12. The van der Waals surface area contributed by atoms with Crippen LogP contribution in [-0.2, 0) is 10.2 Å². The molecule has 1 unspecified atom stereocenters. The van der Waals surface area contributed by atoms with Crippen molar-refractivity contribution in [2.75, 3.05) is 5.32 Å². The van der Waals surface area contributed by atoms with Crippen molar-refractivity contribution in [2.24, 2.45) is 5.92 Å². The first-order valence-corrected chi connectivity index (χ1v) is 8.01. The summed E-state index contributed by atoms with van der Waals surface area (Å²) >= 11 is 3.87. The van der Waals surface area contributed by atoms with Crippen molar-refractivity contribution in [2.45, 2.75) is 49.8 Å². The molecule has 1 aromatic rings. The van der Waals surface area contributed by atoms with Crippen molar-refractivity contribution in [1.29, 1.82) is 0 Å². The zero-order valence-corrected chi connectivity index (χ0v) is 13.1. The Morgan fingerprint density at radius 3 is 2.68 bits per heavy atom. The third-order valence-corrected chi connectivity index (χ3v) is 5.94. The number of hydrogen-bond acceptors (Lipinski definition) is 1. The van der Waals surface area contributed by atoms with E-state index in [9.17, 15) is 4.79 Å². The molecular weight excluding hydrogens is 302 g/mol. The largest absolute Gasteiger partial charge is 0.325 e. The van der Waals surface area contributed by atoms with E-state index in [-0.39, 0.29) is 5.91 Å². The first-order valence-electron chi connectivity index (χ1n) is 7.10. The zero-order chi connectivity index (χ0) is 13.6. The molecule has 19 heavy (non-hydrogen) atoms. The zero-order valence-electron chi connectivity index (χ0n) is 11.5. The minimum absolute atomic E-state index is 0.103. The standard InChI is InChI=1S/C16H20BrNO/c1-16(2)12-9-11(7-8-13(12)18-15(16)19)14(17)10-5-3-4-6-10/h7-10,14H,3-6H2,1-2H3,(H,18,19). The van der Waals surface area contributed by atoms with Crippen LogP contribution in [0.3, 0.4) is 0 Å². The Hall–Kier alpha value is -0.830. The van der Waals surface area contributed by atoms with E-state index < -0.39 is 5.41 Å². The van der Waals surface area contributed by atoms with Gasteiger partial charge in [-0.15, -0.1) is 0 Å². The molecule has 0 aromatic heterocycles. The molecule has 102 valence electrons. The van der Waals surface area contributed by atoms with Gasteiger partial charge in [-0.2, -0.15) is 0 Å². The molecule has 0 spiro atoms. The van der Waals surface area contributed by atoms with Crippen LogP contribution in [0.4, 0.5) is 5.69 Å². The SMILES string of the molecule is CC1(C)C(=O)Nc2ccc(C(Br)C3CCCC3)cc21. The van der Waals surface area contributed by atoms with E-state index in [0.717, 1.165) is 17.2 Å². The highest BCUT2D eigenvalue weighted by atomic mass is 79.9. The lowest BCUT2D eigenvalue weighted by Crippen LogP contribution is -2.26. The smallest absolute Gasteiger partial charge is 0.234 e. The number of alkyl halides is 1. The normalized spacial score (nSPS) is 23.2. The summed E-state index contributed by atoms with van der Waals surface area (Å²) in [4.78, 5) is 12.4. The summed E-state index contributed by atoms with van der Waals surface area (Å²) in [6.07, 6.45) is 5.33. The predicted molar refractivity (Wildman–Crippen MR) is 81.7 cm³/mol. The Morgan fingerprint density at radius 1 is 1.32 bits per heavy atom. The van der Waals surface area contributed by atoms with Crippen molar-refractivity contribution in [3.63, 3.8) is 0 Å². The lowest BCUT2D eigenvalue weighted by molar-refractivity contribution is -0.119. The number of benzene rings is 1. The maximum absolute atomic E-state index is 12.0. The first kappa shape index (κ1) is 13.2. The number of amides is 1. The number of carbonyl (C=O) groups excluding carboxylic acids is 1. The van der Waals surface area contributed by atoms with Gasteiger partial charge in [-0.3, -0.25) is 4.79 Å². The fourth-order valence-electron chi connectivity index (χ4n) is 3.28. The lowest BCUT2D eigenvalue weighted by atomic mass is 9.84. The second-order valence-electron chi connectivity index (χ2n) is 6.33. The van der Waals surface area contributed by atoms with E-state index in [2.05, 4.69) is 39.4 Å². The maximum Gasteiger partial charge on any atom is 0.234 e. The van der Waals surface area contributed by atoms with E-state index in [1.165, 1.54) is 31.2 Å². The van der Waals surface area contributed by atoms with Crippen LogP contribution in [0, 0.1) is 5.92 Å². The quantitative estimate of drug-likeness (QED) is 0.796. The average molecular weight is 322 g/mol. The van der Waals surface area contributed by atoms with Gasteiger partial charge in [-0.05, 0) is 49.8 Å². The number of halogens is 1. The van der Waals surface area contributed by atoms with Crippen molar-refractivity contribution in [3.05, 3.63) is 29.3 Å². The van der Waals surface area contributed by atoms with E-state index in [1.54, 1.807) is 0 Å². The second kappa shape index (κ2) is 4.62. The van der Waals surface area contributed by atoms with Crippen LogP contribution in [0.2, 0.25) is 0 Å². The topological polar surface area (TPSA) is 29.1 Å². The van der Waals surface area contributed by atoms with Gasteiger partial charge < -0.3 is 5.32 Å². The highest BCUT2D eigenvalue weighted by molar-refractivity contribution is 9.09. The molecule has 1 aliphatic carbocycles. The van der Waals surface area contributed by atoms with Gasteiger partial charge in [-0.1, -0.05) is 40.9 Å². The molecule has 0 bridgehead atoms. The Labute approximate surface area is 123 Å². The summed E-state index contributed by atoms with van der Waals surface area (Å²) in [7, 11) is 0. The molecule has 1 atom stereocenters. The van der Waals surface area contributed by atoms with Gasteiger partial charge in [0.15, 0.2) is 0 Å². The van der Waals surface area contributed by atoms with Crippen molar-refractivity contribution in [1.82, 2.24) is 0 Å². The number of nitrogens with one attached hydrogen (secondary N) is 1. The van der Waals surface area contributed by atoms with Crippen molar-refractivity contribution >= 4 is 27.5 Å². The molecule has 2 aliphatic rings. The molecule has 3 heteroatoms. The van der Waals surface area contributed by atoms with Crippen LogP contribution in [0.5, 0.6) is 0 Å². The monoisotopic (exact) mass is 321 g/mol. The number of hydrogen-bond donors (Lipinski definition) is 1. The average Bonchev–Trinajstić information content (AvgIpc) is 2.98. The second-order valence-corrected chi connectivity index (χ2v) is 7.32. The number of fused-ring (bicyclic) bond motifs is 1. The minimum Gasteiger partial charge on any atom is -0.325 e. The maximum atomic E-state index is 12.0. The molecule has 1 saturated carbocycles. The summed E-state index contributed by atoms with van der Waals surface area (Å²) < 4.78 is 0. The summed E-state index contributed by atoms with van der Waals surface area (Å²) in [6, 6.07) is 6.42. The minimum atomic E-state index is -0.409. The van der Waals surface area contributed by atoms with Gasteiger partial charge in [-0.25, -0.2) is 0 Å². The molecular formula is C16H20BrNO. The van der Waals surface area contributed by atoms with E-state index in [4.69, 9.17) is 0 Å². The Balaban J connectivity index is 1.94. The van der Waals surface area contributed by atoms with Crippen molar-refractivity contribution < 1.29 is 4.79 Å². The van der Waals surface area contributed by atoms with Gasteiger partial charge in [0.25, 0.3) is 0 Å². The molecule has 1 aliphatic heterocycles. The van der Waals surface area contributed by atoms with Crippen molar-refractivity contribution in [3.8, 4) is 0 Å². The van der Waals surface area contributed by atoms with Crippen LogP contribution >= 0.6 is 15.9 Å². The number of carbonyl (C=O) groups is 1. The third-order valence-electron chi connectivity index (χ3n) is 4.66. The molecule has 0 radical (unpaired) electrons. The molecule has 1 heterocycles. The summed E-state index contributed by atoms with van der Waals surface area (Å²) in [5.74, 6) is 0.845. The van der Waals surface area contributed by atoms with Crippen LogP contribution in [0.1, 0.15) is 55.5 Å². The number of rotatable bonds is 2. The van der Waals surface area contributed by atoms with E-state index >= 15 is 0 Å². The van der Waals surface area contributed by atoms with Gasteiger partial charge >= 0.3 is 0 Å². The first-order chi connectivity index (χ1) is 9.00. The van der Waals surface area contributed by atoms with Gasteiger partial charge in [0.2, 0.25) is 5.91 Å². The molecule has 2 nitrogen and oxygen atoms in total. The highest BCUT2D eigenvalue weighted by Gasteiger charge is 2.38. The van der Waals surface area contributed by atoms with Crippen LogP contribution in [0.15, 0.2) is 18.2 Å². The highest BCUT2D eigenvalue weighted by Crippen LogP contribution is 2.44. The van der Waals surface area contributed by atoms with Crippen LogP contribution in [-0.4, -0.2) is 5.91 Å². The van der Waals surface area contributed by atoms with Gasteiger partial charge in [0, 0.05) is 10.5 Å². The molecule has 1 N–H and O–H groups in total. The van der Waals surface area contributed by atoms with Crippen LogP contribution in [0.25, 0.3) is 0 Å². The Kier molecular flexibility index (Phi) is 3.20. The fourth-order valence-corrected chi connectivity index (χ4v) is 4.10. The van der Waals surface area contributed by atoms with E-state index in [1.807, 2.05) is 13.8 Å². The molecule has 0 saturated heterocycles.